The maximum atomic E-state index is 4.75. The summed E-state index contributed by atoms with van der Waals surface area (Å²) in [6.07, 6.45) is 6.47. The van der Waals surface area contributed by atoms with Crippen molar-refractivity contribution >= 4 is 29.4 Å². The van der Waals surface area contributed by atoms with Gasteiger partial charge in [0.25, 0.3) is 0 Å². The minimum atomic E-state index is 0.218. The highest BCUT2D eigenvalue weighted by molar-refractivity contribution is 7.98. The number of thioether (sulfide) groups is 1. The molecule has 3 heteroatoms. The number of rotatable bonds is 5. The van der Waals surface area contributed by atoms with E-state index in [9.17, 15) is 0 Å². The Kier molecular flexibility index (Phi) is 5.76. The molecular formula is C23H30N2S. The zero-order valence-electron chi connectivity index (χ0n) is 16.6. The molecule has 0 saturated heterocycles. The van der Waals surface area contributed by atoms with E-state index in [0.29, 0.717) is 5.92 Å². The summed E-state index contributed by atoms with van der Waals surface area (Å²) in [7, 11) is 0. The lowest BCUT2D eigenvalue weighted by Crippen LogP contribution is -2.48. The van der Waals surface area contributed by atoms with Crippen LogP contribution in [-0.4, -0.2) is 24.6 Å². The predicted molar refractivity (Wildman–Crippen MR) is 117 cm³/mol. The van der Waals surface area contributed by atoms with Crippen molar-refractivity contribution in [3.63, 3.8) is 0 Å². The molecule has 0 radical (unpaired) electrons. The van der Waals surface area contributed by atoms with E-state index < -0.39 is 0 Å². The lowest BCUT2D eigenvalue weighted by Gasteiger charge is -2.47. The monoisotopic (exact) mass is 366 g/mol. The van der Waals surface area contributed by atoms with E-state index in [2.05, 4.69) is 75.2 Å². The molecule has 2 aromatic carbocycles. The van der Waals surface area contributed by atoms with Crippen LogP contribution in [0.5, 0.6) is 0 Å². The van der Waals surface area contributed by atoms with Gasteiger partial charge in [-0.25, -0.2) is 0 Å². The number of hydrogen-bond acceptors (Lipinski definition) is 3. The summed E-state index contributed by atoms with van der Waals surface area (Å²) in [4.78, 5) is 8.55. The number of para-hydroxylation sites is 1. The van der Waals surface area contributed by atoms with Gasteiger partial charge in [0.1, 0.15) is 0 Å². The molecule has 1 aliphatic heterocycles. The molecule has 0 spiro atoms. The molecule has 138 valence electrons. The minimum Gasteiger partial charge on any atom is -0.366 e. The smallest absolute Gasteiger partial charge is 0.0765 e. The van der Waals surface area contributed by atoms with E-state index in [1.807, 2.05) is 12.3 Å². The third kappa shape index (κ3) is 3.83. The Morgan fingerprint density at radius 1 is 1.23 bits per heavy atom. The van der Waals surface area contributed by atoms with Crippen molar-refractivity contribution in [1.82, 2.24) is 0 Å². The van der Waals surface area contributed by atoms with Crippen molar-refractivity contribution in [2.45, 2.75) is 56.9 Å². The van der Waals surface area contributed by atoms with Crippen LogP contribution in [0.25, 0.3) is 0 Å². The summed E-state index contributed by atoms with van der Waals surface area (Å²) in [5.41, 5.74) is 5.30. The average Bonchev–Trinajstić information content (AvgIpc) is 2.63. The molecule has 0 N–H and O–H groups in total. The van der Waals surface area contributed by atoms with E-state index in [4.69, 9.17) is 4.99 Å². The largest absolute Gasteiger partial charge is 0.366 e. The average molecular weight is 367 g/mol. The molecule has 26 heavy (non-hydrogen) atoms. The van der Waals surface area contributed by atoms with Crippen LogP contribution in [0, 0.1) is 0 Å². The Bertz CT molecular complexity index is 795. The number of anilines is 1. The van der Waals surface area contributed by atoms with Crippen molar-refractivity contribution in [3.05, 3.63) is 53.6 Å². The van der Waals surface area contributed by atoms with Gasteiger partial charge in [-0.15, -0.1) is 11.8 Å². The predicted octanol–water partition coefficient (Wildman–Crippen LogP) is 6.66. The Hall–Kier alpha value is -1.74. The maximum absolute atomic E-state index is 4.75. The van der Waals surface area contributed by atoms with E-state index in [1.165, 1.54) is 34.6 Å². The topological polar surface area (TPSA) is 15.6 Å². The Morgan fingerprint density at radius 3 is 2.73 bits per heavy atom. The molecule has 3 rings (SSSR count). The van der Waals surface area contributed by atoms with Crippen molar-refractivity contribution in [2.75, 3.05) is 17.7 Å². The molecule has 0 amide bonds. The van der Waals surface area contributed by atoms with Crippen LogP contribution in [-0.2, 0) is 0 Å². The van der Waals surface area contributed by atoms with Crippen LogP contribution in [0.3, 0.4) is 0 Å². The second kappa shape index (κ2) is 7.87. The quantitative estimate of drug-likeness (QED) is 0.434. The van der Waals surface area contributed by atoms with Gasteiger partial charge < -0.3 is 4.90 Å². The van der Waals surface area contributed by atoms with Gasteiger partial charge in [0, 0.05) is 28.9 Å². The molecule has 2 aromatic rings. The number of fused-ring (bicyclic) bond motifs is 1. The Balaban J connectivity index is 1.93. The molecule has 1 atom stereocenters. The van der Waals surface area contributed by atoms with Crippen LogP contribution < -0.4 is 4.90 Å². The van der Waals surface area contributed by atoms with Gasteiger partial charge in [-0.1, -0.05) is 32.0 Å². The van der Waals surface area contributed by atoms with Crippen LogP contribution in [0.15, 0.2) is 52.4 Å². The van der Waals surface area contributed by atoms with Gasteiger partial charge in [0.2, 0.25) is 0 Å². The van der Waals surface area contributed by atoms with Crippen molar-refractivity contribution in [2.24, 2.45) is 4.99 Å². The third-order valence-corrected chi connectivity index (χ3v) is 6.08. The Morgan fingerprint density at radius 2 is 2.00 bits per heavy atom. The SMILES string of the molecule is CCCN1c2ccc(C=Nc3ccccc3SC)cc2C(C)CC1(C)C. The van der Waals surface area contributed by atoms with Crippen LogP contribution >= 0.6 is 11.8 Å². The molecule has 0 bridgehead atoms. The number of hydrogen-bond donors (Lipinski definition) is 0. The van der Waals surface area contributed by atoms with E-state index in [1.54, 1.807) is 11.8 Å². The fraction of sp³-hybridized carbons (Fsp3) is 0.435. The van der Waals surface area contributed by atoms with Gasteiger partial charge in [-0.2, -0.15) is 0 Å². The lowest BCUT2D eigenvalue weighted by molar-refractivity contribution is 0.376. The van der Waals surface area contributed by atoms with Crippen LogP contribution in [0.1, 0.15) is 57.6 Å². The first-order chi connectivity index (χ1) is 12.5. The van der Waals surface area contributed by atoms with Crippen molar-refractivity contribution in [3.8, 4) is 0 Å². The fourth-order valence-electron chi connectivity index (χ4n) is 4.12. The normalized spacial score (nSPS) is 19.0. The Labute approximate surface area is 162 Å². The van der Waals surface area contributed by atoms with E-state index in [0.717, 1.165) is 12.2 Å². The molecule has 1 unspecified atom stereocenters. The summed E-state index contributed by atoms with van der Waals surface area (Å²) in [6, 6.07) is 15.2. The van der Waals surface area contributed by atoms with Crippen LogP contribution in [0.2, 0.25) is 0 Å². The highest BCUT2D eigenvalue weighted by atomic mass is 32.2. The van der Waals surface area contributed by atoms with Gasteiger partial charge in [0.05, 0.1) is 5.69 Å². The number of nitrogens with zero attached hydrogens (tertiary/aromatic N) is 2. The zero-order chi connectivity index (χ0) is 18.7. The minimum absolute atomic E-state index is 0.218. The van der Waals surface area contributed by atoms with E-state index in [-0.39, 0.29) is 5.54 Å². The highest BCUT2D eigenvalue weighted by Gasteiger charge is 2.35. The van der Waals surface area contributed by atoms with Gasteiger partial charge >= 0.3 is 0 Å². The summed E-state index contributed by atoms with van der Waals surface area (Å²) < 4.78 is 0. The molecule has 0 saturated carbocycles. The maximum Gasteiger partial charge on any atom is 0.0765 e. The molecule has 2 nitrogen and oxygen atoms in total. The van der Waals surface area contributed by atoms with Gasteiger partial charge in [0.15, 0.2) is 0 Å². The van der Waals surface area contributed by atoms with Gasteiger partial charge in [-0.05, 0) is 74.3 Å². The van der Waals surface area contributed by atoms with Crippen LogP contribution in [0.4, 0.5) is 11.4 Å². The first-order valence-corrected chi connectivity index (χ1v) is 10.8. The third-order valence-electron chi connectivity index (χ3n) is 5.29. The standard InChI is InChI=1S/C23H30N2S/c1-6-13-25-21-12-11-18(14-19(21)17(2)15-23(25,3)4)16-24-20-9-7-8-10-22(20)26-5/h7-12,14,16-17H,6,13,15H2,1-5H3. The number of benzene rings is 2. The summed E-state index contributed by atoms with van der Waals surface area (Å²) in [6.45, 7) is 10.5. The van der Waals surface area contributed by atoms with Gasteiger partial charge in [-0.3, -0.25) is 4.99 Å². The molecule has 0 fully saturated rings. The molecule has 1 heterocycles. The summed E-state index contributed by atoms with van der Waals surface area (Å²) in [5.74, 6) is 0.569. The number of aliphatic imine (C=N–C) groups is 1. The lowest BCUT2D eigenvalue weighted by atomic mass is 9.79. The molecule has 1 aliphatic rings. The van der Waals surface area contributed by atoms with Crippen molar-refractivity contribution < 1.29 is 0 Å². The first-order valence-electron chi connectivity index (χ1n) is 9.55. The second-order valence-electron chi connectivity index (χ2n) is 7.82. The van der Waals surface area contributed by atoms with E-state index >= 15 is 0 Å². The second-order valence-corrected chi connectivity index (χ2v) is 8.67. The fourth-order valence-corrected chi connectivity index (χ4v) is 4.66. The molecule has 0 aliphatic carbocycles. The summed E-state index contributed by atoms with van der Waals surface area (Å²) in [5, 5.41) is 0. The van der Waals surface area contributed by atoms with Crippen molar-refractivity contribution in [1.29, 1.82) is 0 Å². The zero-order valence-corrected chi connectivity index (χ0v) is 17.4. The molecular weight excluding hydrogens is 336 g/mol. The molecule has 0 aromatic heterocycles. The summed E-state index contributed by atoms with van der Waals surface area (Å²) >= 11 is 1.74. The highest BCUT2D eigenvalue weighted by Crippen LogP contribution is 2.43. The first kappa shape index (κ1) is 19.0.